The minimum absolute atomic E-state index is 0.159. The van der Waals surface area contributed by atoms with Gasteiger partial charge in [-0.1, -0.05) is 0 Å². The first-order chi connectivity index (χ1) is 9.08. The van der Waals surface area contributed by atoms with Gasteiger partial charge < -0.3 is 4.74 Å². The molecule has 0 radical (unpaired) electrons. The van der Waals surface area contributed by atoms with Gasteiger partial charge in [-0.3, -0.25) is 24.8 Å². The number of piperazine rings is 1. The molecule has 0 saturated carbocycles. The van der Waals surface area contributed by atoms with E-state index in [1.165, 1.54) is 13.3 Å². The maximum atomic E-state index is 11.2. The molecule has 0 spiro atoms. The topological polar surface area (TPSA) is 88.6 Å². The largest absolute Gasteiger partial charge is 0.465 e. The Morgan fingerprint density at radius 3 is 2.58 bits per heavy atom. The Balaban J connectivity index is 2.01. The highest BCUT2D eigenvalue weighted by molar-refractivity contribution is 5.99. The standard InChI is InChI=1S/C12H13N3O4/c1-19-12(18)8-2-3-9(13-4-8)5-15-6-10(16)14-11(17)7-15/h2-4H,5-7H2,1H3,(H,14,16,17). The highest BCUT2D eigenvalue weighted by Crippen LogP contribution is 2.06. The lowest BCUT2D eigenvalue weighted by atomic mass is 10.2. The van der Waals surface area contributed by atoms with Crippen LogP contribution in [0.4, 0.5) is 0 Å². The van der Waals surface area contributed by atoms with Gasteiger partial charge in [0.15, 0.2) is 0 Å². The third-order valence-electron chi connectivity index (χ3n) is 2.64. The molecular formula is C12H13N3O4. The third-order valence-corrected chi connectivity index (χ3v) is 2.64. The zero-order chi connectivity index (χ0) is 13.8. The number of pyridine rings is 1. The van der Waals surface area contributed by atoms with Crippen LogP contribution in [0.15, 0.2) is 18.3 Å². The molecule has 0 aliphatic carbocycles. The second-order valence-corrected chi connectivity index (χ2v) is 4.15. The molecule has 0 bridgehead atoms. The van der Waals surface area contributed by atoms with Crippen LogP contribution in [-0.4, -0.2) is 47.9 Å². The first-order valence-corrected chi connectivity index (χ1v) is 5.67. The van der Waals surface area contributed by atoms with Crippen LogP contribution in [0, 0.1) is 0 Å². The summed E-state index contributed by atoms with van der Waals surface area (Å²) in [6, 6.07) is 3.27. The lowest BCUT2D eigenvalue weighted by molar-refractivity contribution is -0.136. The molecule has 0 atom stereocenters. The Bertz CT molecular complexity index is 496. The van der Waals surface area contributed by atoms with Crippen molar-refractivity contribution in [2.24, 2.45) is 0 Å². The van der Waals surface area contributed by atoms with Crippen LogP contribution in [-0.2, 0) is 20.9 Å². The number of nitrogens with one attached hydrogen (secondary N) is 1. The molecule has 1 saturated heterocycles. The monoisotopic (exact) mass is 263 g/mol. The number of aromatic nitrogens is 1. The van der Waals surface area contributed by atoms with Gasteiger partial charge in [-0.2, -0.15) is 0 Å². The SMILES string of the molecule is COC(=O)c1ccc(CN2CC(=O)NC(=O)C2)nc1. The summed E-state index contributed by atoms with van der Waals surface area (Å²) in [5.41, 5.74) is 1.04. The van der Waals surface area contributed by atoms with E-state index >= 15 is 0 Å². The minimum atomic E-state index is -0.452. The van der Waals surface area contributed by atoms with Gasteiger partial charge in [-0.15, -0.1) is 0 Å². The molecule has 1 fully saturated rings. The summed E-state index contributed by atoms with van der Waals surface area (Å²) in [5, 5.41) is 2.23. The smallest absolute Gasteiger partial charge is 0.339 e. The summed E-state index contributed by atoms with van der Waals surface area (Å²) in [6.45, 7) is 0.693. The van der Waals surface area contributed by atoms with Gasteiger partial charge in [0.05, 0.1) is 31.5 Å². The maximum absolute atomic E-state index is 11.2. The van der Waals surface area contributed by atoms with E-state index in [0.29, 0.717) is 17.8 Å². The van der Waals surface area contributed by atoms with Crippen molar-refractivity contribution < 1.29 is 19.1 Å². The molecule has 7 heteroatoms. The molecular weight excluding hydrogens is 250 g/mol. The Kier molecular flexibility index (Phi) is 3.86. The molecule has 1 N–H and O–H groups in total. The minimum Gasteiger partial charge on any atom is -0.465 e. The fraction of sp³-hybridized carbons (Fsp3) is 0.333. The van der Waals surface area contributed by atoms with Crippen molar-refractivity contribution in [1.82, 2.24) is 15.2 Å². The van der Waals surface area contributed by atoms with Crippen molar-refractivity contribution in [2.75, 3.05) is 20.2 Å². The van der Waals surface area contributed by atoms with Crippen molar-refractivity contribution in [2.45, 2.75) is 6.54 Å². The average Bonchev–Trinajstić information content (AvgIpc) is 2.37. The molecule has 2 heterocycles. The predicted octanol–water partition coefficient (Wildman–Crippen LogP) is -0.673. The van der Waals surface area contributed by atoms with Crippen LogP contribution in [0.2, 0.25) is 0 Å². The van der Waals surface area contributed by atoms with Gasteiger partial charge in [0.25, 0.3) is 0 Å². The van der Waals surface area contributed by atoms with E-state index in [0.717, 1.165) is 0 Å². The maximum Gasteiger partial charge on any atom is 0.339 e. The van der Waals surface area contributed by atoms with E-state index in [4.69, 9.17) is 0 Å². The predicted molar refractivity (Wildman–Crippen MR) is 64.0 cm³/mol. The van der Waals surface area contributed by atoms with E-state index in [1.807, 2.05) is 0 Å². The summed E-state index contributed by atoms with van der Waals surface area (Å²) in [5.74, 6) is -1.09. The lowest BCUT2D eigenvalue weighted by Gasteiger charge is -2.24. The Morgan fingerprint density at radius 2 is 2.05 bits per heavy atom. The highest BCUT2D eigenvalue weighted by Gasteiger charge is 2.22. The summed E-state index contributed by atoms with van der Waals surface area (Å²) in [4.78, 5) is 39.4. The van der Waals surface area contributed by atoms with Crippen molar-refractivity contribution >= 4 is 17.8 Å². The number of carbonyl (C=O) groups is 3. The molecule has 19 heavy (non-hydrogen) atoms. The molecule has 0 aromatic carbocycles. The first-order valence-electron chi connectivity index (χ1n) is 5.67. The number of amides is 2. The number of hydrogen-bond acceptors (Lipinski definition) is 6. The van der Waals surface area contributed by atoms with E-state index < -0.39 is 5.97 Å². The summed E-state index contributed by atoms with van der Waals surface area (Å²) < 4.78 is 4.57. The van der Waals surface area contributed by atoms with Crippen molar-refractivity contribution in [3.05, 3.63) is 29.6 Å². The van der Waals surface area contributed by atoms with E-state index in [1.54, 1.807) is 17.0 Å². The van der Waals surface area contributed by atoms with Gasteiger partial charge >= 0.3 is 5.97 Å². The molecule has 0 unspecified atom stereocenters. The Morgan fingerprint density at radius 1 is 1.37 bits per heavy atom. The number of methoxy groups -OCH3 is 1. The zero-order valence-electron chi connectivity index (χ0n) is 10.4. The number of imide groups is 1. The fourth-order valence-electron chi connectivity index (χ4n) is 1.79. The van der Waals surface area contributed by atoms with Gasteiger partial charge in [0.2, 0.25) is 11.8 Å². The summed E-state index contributed by atoms with van der Waals surface area (Å²) >= 11 is 0. The van der Waals surface area contributed by atoms with Crippen LogP contribution in [0.25, 0.3) is 0 Å². The first kappa shape index (κ1) is 13.2. The van der Waals surface area contributed by atoms with Gasteiger partial charge in [0, 0.05) is 12.7 Å². The molecule has 2 rings (SSSR count). The van der Waals surface area contributed by atoms with Crippen molar-refractivity contribution in [3.8, 4) is 0 Å². The number of esters is 1. The van der Waals surface area contributed by atoms with Crippen LogP contribution < -0.4 is 5.32 Å². The summed E-state index contributed by atoms with van der Waals surface area (Å²) in [7, 11) is 1.30. The number of hydrogen-bond donors (Lipinski definition) is 1. The van der Waals surface area contributed by atoms with Gasteiger partial charge in [0.1, 0.15) is 0 Å². The molecule has 1 aromatic rings. The van der Waals surface area contributed by atoms with Crippen LogP contribution in [0.5, 0.6) is 0 Å². The van der Waals surface area contributed by atoms with Crippen LogP contribution >= 0.6 is 0 Å². The normalized spacial score (nSPS) is 16.1. The number of carbonyl (C=O) groups excluding carboxylic acids is 3. The molecule has 7 nitrogen and oxygen atoms in total. The number of rotatable bonds is 3. The molecule has 1 aromatic heterocycles. The summed E-state index contributed by atoms with van der Waals surface area (Å²) in [6.07, 6.45) is 1.41. The lowest BCUT2D eigenvalue weighted by Crippen LogP contribution is -2.50. The van der Waals surface area contributed by atoms with Crippen molar-refractivity contribution in [3.63, 3.8) is 0 Å². The van der Waals surface area contributed by atoms with E-state index in [9.17, 15) is 14.4 Å². The Labute approximate surface area is 109 Å². The number of nitrogens with zero attached hydrogens (tertiary/aromatic N) is 2. The van der Waals surface area contributed by atoms with E-state index in [2.05, 4.69) is 15.0 Å². The van der Waals surface area contributed by atoms with Gasteiger partial charge in [-0.25, -0.2) is 4.79 Å². The Hall–Kier alpha value is -2.28. The van der Waals surface area contributed by atoms with Crippen LogP contribution in [0.3, 0.4) is 0 Å². The van der Waals surface area contributed by atoms with Crippen molar-refractivity contribution in [1.29, 1.82) is 0 Å². The fourth-order valence-corrected chi connectivity index (χ4v) is 1.79. The van der Waals surface area contributed by atoms with E-state index in [-0.39, 0.29) is 24.9 Å². The average molecular weight is 263 g/mol. The highest BCUT2D eigenvalue weighted by atomic mass is 16.5. The second-order valence-electron chi connectivity index (χ2n) is 4.15. The van der Waals surface area contributed by atoms with Crippen LogP contribution in [0.1, 0.15) is 16.1 Å². The zero-order valence-corrected chi connectivity index (χ0v) is 10.4. The molecule has 1 aliphatic heterocycles. The quantitative estimate of drug-likeness (QED) is 0.574. The molecule has 100 valence electrons. The van der Waals surface area contributed by atoms with Gasteiger partial charge in [-0.05, 0) is 12.1 Å². The second kappa shape index (κ2) is 5.57. The number of ether oxygens (including phenoxy) is 1. The molecule has 2 amide bonds. The molecule has 1 aliphatic rings. The third kappa shape index (κ3) is 3.35.